The smallest absolute Gasteiger partial charge is 0.143 e. The molecule has 6 heteroatoms. The Balaban J connectivity index is 0.000000201. The van der Waals surface area contributed by atoms with Gasteiger partial charge in [0.1, 0.15) is 11.4 Å². The Labute approximate surface area is 281 Å². The van der Waals surface area contributed by atoms with Gasteiger partial charge in [-0.25, -0.2) is 4.39 Å². The van der Waals surface area contributed by atoms with Gasteiger partial charge in [0.2, 0.25) is 0 Å². The van der Waals surface area contributed by atoms with Crippen molar-refractivity contribution in [2.45, 2.75) is 66.6 Å². The van der Waals surface area contributed by atoms with E-state index in [0.29, 0.717) is 11.3 Å². The van der Waals surface area contributed by atoms with E-state index in [4.69, 9.17) is 9.40 Å². The van der Waals surface area contributed by atoms with Crippen molar-refractivity contribution >= 4 is 35.2 Å². The first-order valence-electron chi connectivity index (χ1n) is 15.3. The minimum Gasteiger partial charge on any atom is -0.501 e. The Morgan fingerprint density at radius 1 is 0.844 bits per heavy atom. The van der Waals surface area contributed by atoms with E-state index >= 15 is 0 Å². The van der Waals surface area contributed by atoms with E-state index < -0.39 is 8.07 Å². The summed E-state index contributed by atoms with van der Waals surface area (Å²) in [6.45, 7) is 18.0. The molecule has 235 valence electrons. The van der Waals surface area contributed by atoms with E-state index in [1.54, 1.807) is 6.07 Å². The van der Waals surface area contributed by atoms with Gasteiger partial charge in [-0.1, -0.05) is 101 Å². The molecule has 6 rings (SSSR count). The van der Waals surface area contributed by atoms with Gasteiger partial charge in [0.25, 0.3) is 0 Å². The van der Waals surface area contributed by atoms with Crippen molar-refractivity contribution in [1.29, 1.82) is 0 Å². The van der Waals surface area contributed by atoms with Crippen molar-refractivity contribution in [3.05, 3.63) is 114 Å². The minimum absolute atomic E-state index is 0. The van der Waals surface area contributed by atoms with E-state index in [9.17, 15) is 4.39 Å². The van der Waals surface area contributed by atoms with Gasteiger partial charge < -0.3 is 14.4 Å². The number of rotatable bonds is 5. The van der Waals surface area contributed by atoms with Gasteiger partial charge in [-0.15, -0.1) is 54.1 Å². The molecular formula is C39H41FIrN2OSi-2. The fourth-order valence-electron chi connectivity index (χ4n) is 5.50. The van der Waals surface area contributed by atoms with Crippen LogP contribution in [-0.2, 0) is 26.5 Å². The van der Waals surface area contributed by atoms with Crippen molar-refractivity contribution in [1.82, 2.24) is 9.97 Å². The first kappa shape index (κ1) is 34.4. The Morgan fingerprint density at radius 3 is 2.22 bits per heavy atom. The Morgan fingerprint density at radius 2 is 1.56 bits per heavy atom. The van der Waals surface area contributed by atoms with Crippen LogP contribution in [0, 0.1) is 23.4 Å². The largest absolute Gasteiger partial charge is 0.501 e. The zero-order chi connectivity index (χ0) is 31.6. The SMILES string of the molecule is CC(C)(C)Cc1cc(-c2[c-]cccc2)ncc1[Si](C)(C)C.CC(C)c1cc(-c2[c-]ccc3c2oc2ccccc23)ncc1F.[Ir]. The van der Waals surface area contributed by atoms with Gasteiger partial charge in [0.15, 0.2) is 0 Å². The number of fused-ring (bicyclic) bond motifs is 3. The molecular weight excluding hydrogens is 752 g/mol. The number of benzene rings is 3. The second kappa shape index (κ2) is 13.9. The molecule has 3 aromatic heterocycles. The molecule has 0 fully saturated rings. The molecule has 0 amide bonds. The number of halogens is 1. The van der Waals surface area contributed by atoms with Gasteiger partial charge >= 0.3 is 0 Å². The molecule has 0 aliphatic carbocycles. The molecule has 45 heavy (non-hydrogen) atoms. The van der Waals surface area contributed by atoms with Crippen molar-refractivity contribution in [3.63, 3.8) is 0 Å². The normalized spacial score (nSPS) is 11.8. The van der Waals surface area contributed by atoms with E-state index in [-0.39, 0.29) is 37.3 Å². The summed E-state index contributed by atoms with van der Waals surface area (Å²) in [6, 6.07) is 30.4. The molecule has 3 aromatic carbocycles. The summed E-state index contributed by atoms with van der Waals surface area (Å²) in [5.41, 5.74) is 7.53. The van der Waals surface area contributed by atoms with Crippen LogP contribution in [0.1, 0.15) is 51.7 Å². The maximum absolute atomic E-state index is 13.9. The maximum Gasteiger partial charge on any atom is 0.143 e. The van der Waals surface area contributed by atoms with Crippen LogP contribution in [0.3, 0.4) is 0 Å². The van der Waals surface area contributed by atoms with Gasteiger partial charge in [-0.3, -0.25) is 0 Å². The van der Waals surface area contributed by atoms with Crippen LogP contribution in [0.25, 0.3) is 44.5 Å². The summed E-state index contributed by atoms with van der Waals surface area (Å²) in [6.07, 6.45) is 4.48. The molecule has 0 bridgehead atoms. The molecule has 3 nitrogen and oxygen atoms in total. The first-order valence-corrected chi connectivity index (χ1v) is 18.8. The molecule has 3 heterocycles. The Bertz CT molecular complexity index is 1900. The van der Waals surface area contributed by atoms with Crippen LogP contribution in [0.2, 0.25) is 19.6 Å². The van der Waals surface area contributed by atoms with Crippen molar-refractivity contribution in [2.75, 3.05) is 0 Å². The molecule has 0 N–H and O–H groups in total. The predicted molar refractivity (Wildman–Crippen MR) is 184 cm³/mol. The quantitative estimate of drug-likeness (QED) is 0.129. The Kier molecular flexibility index (Phi) is 10.6. The minimum atomic E-state index is -1.37. The van der Waals surface area contributed by atoms with Crippen LogP contribution >= 0.6 is 0 Å². The molecule has 0 saturated heterocycles. The third-order valence-corrected chi connectivity index (χ3v) is 9.67. The van der Waals surface area contributed by atoms with Crippen LogP contribution < -0.4 is 5.19 Å². The summed E-state index contributed by atoms with van der Waals surface area (Å²) in [4.78, 5) is 8.96. The third-order valence-electron chi connectivity index (χ3n) is 7.61. The van der Waals surface area contributed by atoms with E-state index in [0.717, 1.165) is 45.2 Å². The van der Waals surface area contributed by atoms with Crippen molar-refractivity contribution < 1.29 is 28.9 Å². The van der Waals surface area contributed by atoms with Crippen LogP contribution in [0.5, 0.6) is 0 Å². The first-order chi connectivity index (χ1) is 20.8. The molecule has 0 aliphatic rings. The van der Waals surface area contributed by atoms with Gasteiger partial charge in [-0.2, -0.15) is 0 Å². The number of pyridine rings is 2. The zero-order valence-corrected chi connectivity index (χ0v) is 30.8. The molecule has 0 saturated carbocycles. The monoisotopic (exact) mass is 793 g/mol. The summed E-state index contributed by atoms with van der Waals surface area (Å²) < 4.78 is 19.9. The molecule has 1 radical (unpaired) electrons. The topological polar surface area (TPSA) is 38.9 Å². The Hall–Kier alpha value is -3.44. The third kappa shape index (κ3) is 8.05. The fourth-order valence-corrected chi connectivity index (χ4v) is 7.08. The molecule has 0 aliphatic heterocycles. The summed E-state index contributed by atoms with van der Waals surface area (Å²) in [5.74, 6) is -0.188. The van der Waals surface area contributed by atoms with Gasteiger partial charge in [0, 0.05) is 31.7 Å². The molecule has 0 spiro atoms. The molecule has 0 unspecified atom stereocenters. The van der Waals surface area contributed by atoms with E-state index in [2.05, 4.69) is 75.9 Å². The van der Waals surface area contributed by atoms with Crippen LogP contribution in [-0.4, -0.2) is 18.0 Å². The van der Waals surface area contributed by atoms with E-state index in [1.165, 1.54) is 16.9 Å². The van der Waals surface area contributed by atoms with Gasteiger partial charge in [-0.05, 0) is 46.0 Å². The van der Waals surface area contributed by atoms with E-state index in [1.807, 2.05) is 68.4 Å². The average Bonchev–Trinajstić information content (AvgIpc) is 3.36. The number of aromatic nitrogens is 2. The average molecular weight is 793 g/mol. The summed E-state index contributed by atoms with van der Waals surface area (Å²) in [7, 11) is -1.37. The second-order valence-corrected chi connectivity index (χ2v) is 19.0. The number of hydrogen-bond donors (Lipinski definition) is 0. The number of hydrogen-bond acceptors (Lipinski definition) is 3. The van der Waals surface area contributed by atoms with Crippen LogP contribution in [0.4, 0.5) is 4.39 Å². The predicted octanol–water partition coefficient (Wildman–Crippen LogP) is 10.4. The van der Waals surface area contributed by atoms with Crippen molar-refractivity contribution in [3.8, 4) is 22.5 Å². The number of para-hydroxylation sites is 1. The maximum atomic E-state index is 13.9. The molecule has 6 aromatic rings. The number of nitrogens with zero attached hydrogens (tertiary/aromatic N) is 2. The zero-order valence-electron chi connectivity index (χ0n) is 27.4. The molecule has 0 atom stereocenters. The fraction of sp³-hybridized carbons (Fsp3) is 0.282. The van der Waals surface area contributed by atoms with Crippen LogP contribution in [0.15, 0.2) is 89.6 Å². The second-order valence-electron chi connectivity index (χ2n) is 13.9. The standard InChI is InChI=1S/C20H15FNO.C19H26NSi.Ir/c1-12(2)16-10-18(22-11-17(16)21)15-8-5-7-14-13-6-3-4-9-19(13)23-20(14)15;1-19(2,3)13-16-12-17(15-10-8-7-9-11-15)20-14-18(16)21(4,5)6;/h3-7,9-12H,1-2H3;7-10,12,14H,13H2,1-6H3;/q2*-1;. The number of furan rings is 1. The van der Waals surface area contributed by atoms with Gasteiger partial charge in [0.05, 0.1) is 19.9 Å². The van der Waals surface area contributed by atoms with Crippen molar-refractivity contribution in [2.24, 2.45) is 5.41 Å². The summed E-state index contributed by atoms with van der Waals surface area (Å²) >= 11 is 0. The summed E-state index contributed by atoms with van der Waals surface area (Å²) in [5, 5.41) is 3.56.